The second-order valence-electron chi connectivity index (χ2n) is 5.23. The average Bonchev–Trinajstić information content (AvgIpc) is 3.18. The molecule has 0 saturated heterocycles. The predicted octanol–water partition coefficient (Wildman–Crippen LogP) is 1.78. The van der Waals surface area contributed by atoms with E-state index in [1.807, 2.05) is 24.3 Å². The van der Waals surface area contributed by atoms with Crippen molar-refractivity contribution in [3.05, 3.63) is 29.8 Å². The minimum absolute atomic E-state index is 0.0533. The highest BCUT2D eigenvalue weighted by atomic mass is 16.5. The van der Waals surface area contributed by atoms with E-state index in [4.69, 9.17) is 9.84 Å². The quantitative estimate of drug-likeness (QED) is 0.831. The number of nitrogens with one attached hydrogen (secondary N) is 1. The highest BCUT2D eigenvalue weighted by Gasteiger charge is 2.44. The van der Waals surface area contributed by atoms with Crippen molar-refractivity contribution in [2.45, 2.75) is 31.7 Å². The molecule has 20 heavy (non-hydrogen) atoms. The summed E-state index contributed by atoms with van der Waals surface area (Å²) in [5.41, 5.74) is 1.09. The zero-order chi connectivity index (χ0) is 14.7. The van der Waals surface area contributed by atoms with E-state index >= 15 is 0 Å². The molecular formula is C15H19NO4. The number of carbonyl (C=O) groups excluding carboxylic acids is 1. The number of carboxylic acid groups (broad SMARTS) is 1. The lowest BCUT2D eigenvalue weighted by Crippen LogP contribution is -2.35. The van der Waals surface area contributed by atoms with Crippen molar-refractivity contribution in [3.63, 3.8) is 0 Å². The maximum Gasteiger partial charge on any atom is 0.305 e. The summed E-state index contributed by atoms with van der Waals surface area (Å²) in [4.78, 5) is 22.6. The fourth-order valence-electron chi connectivity index (χ4n) is 2.39. The van der Waals surface area contributed by atoms with Crippen LogP contribution in [0.4, 0.5) is 0 Å². The van der Waals surface area contributed by atoms with Crippen LogP contribution in [-0.4, -0.2) is 30.1 Å². The number of hydrogen-bond donors (Lipinski definition) is 2. The van der Waals surface area contributed by atoms with Crippen molar-refractivity contribution in [3.8, 4) is 5.75 Å². The molecule has 0 aliphatic heterocycles. The molecule has 3 atom stereocenters. The summed E-state index contributed by atoms with van der Waals surface area (Å²) < 4.78 is 5.17. The number of carboxylic acids is 1. The smallest absolute Gasteiger partial charge is 0.305 e. The Morgan fingerprint density at radius 2 is 2.25 bits per heavy atom. The number of ether oxygens (including phenoxy) is 1. The number of aliphatic carboxylic acids is 1. The van der Waals surface area contributed by atoms with Gasteiger partial charge in [-0.3, -0.25) is 9.59 Å². The zero-order valence-electron chi connectivity index (χ0n) is 11.6. The van der Waals surface area contributed by atoms with Gasteiger partial charge in [0, 0.05) is 12.0 Å². The number of benzene rings is 1. The first-order valence-electron chi connectivity index (χ1n) is 6.67. The number of hydrogen-bond acceptors (Lipinski definition) is 3. The molecule has 0 spiro atoms. The summed E-state index contributed by atoms with van der Waals surface area (Å²) in [5, 5.41) is 11.4. The molecule has 5 nitrogen and oxygen atoms in total. The maximum absolute atomic E-state index is 12.0. The molecular weight excluding hydrogens is 258 g/mol. The van der Waals surface area contributed by atoms with Gasteiger partial charge in [-0.1, -0.05) is 12.1 Å². The van der Waals surface area contributed by atoms with Crippen LogP contribution in [0.25, 0.3) is 0 Å². The van der Waals surface area contributed by atoms with E-state index in [1.54, 1.807) is 14.0 Å². The SMILES string of the molecule is COc1cccc(C2CC2C(=O)NC(C)CC(=O)O)c1. The van der Waals surface area contributed by atoms with Gasteiger partial charge in [0.2, 0.25) is 5.91 Å². The topological polar surface area (TPSA) is 75.6 Å². The fraction of sp³-hybridized carbons (Fsp3) is 0.467. The normalized spacial score (nSPS) is 21.9. The highest BCUT2D eigenvalue weighted by molar-refractivity contribution is 5.83. The Bertz CT molecular complexity index is 514. The van der Waals surface area contributed by atoms with Crippen LogP contribution < -0.4 is 10.1 Å². The van der Waals surface area contributed by atoms with Crippen molar-refractivity contribution in [2.75, 3.05) is 7.11 Å². The zero-order valence-corrected chi connectivity index (χ0v) is 11.6. The summed E-state index contributed by atoms with van der Waals surface area (Å²) in [6.45, 7) is 1.70. The standard InChI is InChI=1S/C15H19NO4/c1-9(6-14(17)18)16-15(19)13-8-12(13)10-4-3-5-11(7-10)20-2/h3-5,7,9,12-13H,6,8H2,1-2H3,(H,16,19)(H,17,18). The van der Waals surface area contributed by atoms with Gasteiger partial charge >= 0.3 is 5.97 Å². The van der Waals surface area contributed by atoms with E-state index in [9.17, 15) is 9.59 Å². The van der Waals surface area contributed by atoms with E-state index < -0.39 is 5.97 Å². The molecule has 1 aromatic rings. The van der Waals surface area contributed by atoms with Crippen LogP contribution in [0.2, 0.25) is 0 Å². The Morgan fingerprint density at radius 3 is 2.90 bits per heavy atom. The Kier molecular flexibility index (Phi) is 4.27. The van der Waals surface area contributed by atoms with Crippen molar-refractivity contribution in [2.24, 2.45) is 5.92 Å². The minimum atomic E-state index is -0.905. The van der Waals surface area contributed by atoms with Gasteiger partial charge in [-0.15, -0.1) is 0 Å². The van der Waals surface area contributed by atoms with E-state index in [1.165, 1.54) is 0 Å². The molecule has 2 N–H and O–H groups in total. The van der Waals surface area contributed by atoms with Crippen molar-refractivity contribution in [1.82, 2.24) is 5.32 Å². The van der Waals surface area contributed by atoms with Crippen LogP contribution in [-0.2, 0) is 9.59 Å². The maximum atomic E-state index is 12.0. The Labute approximate surface area is 117 Å². The first-order chi connectivity index (χ1) is 9.51. The second kappa shape index (κ2) is 5.94. The molecule has 2 rings (SSSR count). The van der Waals surface area contributed by atoms with Gasteiger partial charge in [-0.2, -0.15) is 0 Å². The Morgan fingerprint density at radius 1 is 1.50 bits per heavy atom. The predicted molar refractivity (Wildman–Crippen MR) is 73.7 cm³/mol. The number of amides is 1. The average molecular weight is 277 g/mol. The van der Waals surface area contributed by atoms with Crippen LogP contribution in [0.5, 0.6) is 5.75 Å². The van der Waals surface area contributed by atoms with Crippen molar-refractivity contribution < 1.29 is 19.4 Å². The third-order valence-electron chi connectivity index (χ3n) is 3.52. The molecule has 1 aromatic carbocycles. The van der Waals surface area contributed by atoms with E-state index in [0.717, 1.165) is 17.7 Å². The van der Waals surface area contributed by atoms with Gasteiger partial charge in [-0.05, 0) is 37.0 Å². The van der Waals surface area contributed by atoms with E-state index in [2.05, 4.69) is 5.32 Å². The van der Waals surface area contributed by atoms with Gasteiger partial charge in [0.05, 0.1) is 13.5 Å². The molecule has 1 fully saturated rings. The van der Waals surface area contributed by atoms with Gasteiger partial charge < -0.3 is 15.2 Å². The summed E-state index contributed by atoms with van der Waals surface area (Å²) in [7, 11) is 1.61. The summed E-state index contributed by atoms with van der Waals surface area (Å²) >= 11 is 0. The van der Waals surface area contributed by atoms with E-state index in [0.29, 0.717) is 0 Å². The number of carbonyl (C=O) groups is 2. The van der Waals surface area contributed by atoms with Crippen molar-refractivity contribution >= 4 is 11.9 Å². The highest BCUT2D eigenvalue weighted by Crippen LogP contribution is 2.48. The Balaban J connectivity index is 1.90. The van der Waals surface area contributed by atoms with Gasteiger partial charge in [0.25, 0.3) is 0 Å². The van der Waals surface area contributed by atoms with Gasteiger partial charge in [-0.25, -0.2) is 0 Å². The monoisotopic (exact) mass is 277 g/mol. The van der Waals surface area contributed by atoms with Crippen LogP contribution >= 0.6 is 0 Å². The molecule has 0 heterocycles. The van der Waals surface area contributed by atoms with Crippen LogP contribution in [0.1, 0.15) is 31.2 Å². The first kappa shape index (κ1) is 14.4. The Hall–Kier alpha value is -2.04. The lowest BCUT2D eigenvalue weighted by Gasteiger charge is -2.11. The molecule has 1 saturated carbocycles. The molecule has 108 valence electrons. The van der Waals surface area contributed by atoms with Crippen LogP contribution in [0, 0.1) is 5.92 Å². The van der Waals surface area contributed by atoms with Gasteiger partial charge in [0.15, 0.2) is 0 Å². The number of methoxy groups -OCH3 is 1. The molecule has 3 unspecified atom stereocenters. The second-order valence-corrected chi connectivity index (χ2v) is 5.23. The molecule has 1 aliphatic rings. The third kappa shape index (κ3) is 3.50. The summed E-state index contributed by atoms with van der Waals surface area (Å²) in [5.74, 6) is -0.0298. The van der Waals surface area contributed by atoms with Crippen molar-refractivity contribution in [1.29, 1.82) is 0 Å². The van der Waals surface area contributed by atoms with Crippen LogP contribution in [0.15, 0.2) is 24.3 Å². The molecule has 0 aromatic heterocycles. The van der Waals surface area contributed by atoms with Crippen LogP contribution in [0.3, 0.4) is 0 Å². The van der Waals surface area contributed by atoms with E-state index in [-0.39, 0.29) is 30.2 Å². The van der Waals surface area contributed by atoms with Gasteiger partial charge in [0.1, 0.15) is 5.75 Å². The first-order valence-corrected chi connectivity index (χ1v) is 6.67. The number of rotatable bonds is 6. The molecule has 1 amide bonds. The minimum Gasteiger partial charge on any atom is -0.497 e. The molecule has 0 radical (unpaired) electrons. The lowest BCUT2D eigenvalue weighted by atomic mass is 10.1. The third-order valence-corrected chi connectivity index (χ3v) is 3.52. The fourth-order valence-corrected chi connectivity index (χ4v) is 2.39. The molecule has 0 bridgehead atoms. The lowest BCUT2D eigenvalue weighted by molar-refractivity contribution is -0.137. The largest absolute Gasteiger partial charge is 0.497 e. The summed E-state index contributed by atoms with van der Waals surface area (Å²) in [6, 6.07) is 7.37. The molecule has 5 heteroatoms. The molecule has 1 aliphatic carbocycles. The summed E-state index contributed by atoms with van der Waals surface area (Å²) in [6.07, 6.45) is 0.751.